The van der Waals surface area contributed by atoms with Crippen LogP contribution in [0.1, 0.15) is 52.6 Å². The van der Waals surface area contributed by atoms with Crippen LogP contribution in [0.3, 0.4) is 0 Å². The zero-order chi connectivity index (χ0) is 31.9. The molecule has 0 saturated heterocycles. The Morgan fingerprint density at radius 3 is 2.43 bits per heavy atom. The zero-order valence-corrected chi connectivity index (χ0v) is 25.3. The highest BCUT2D eigenvalue weighted by Crippen LogP contribution is 2.26. The summed E-state index contributed by atoms with van der Waals surface area (Å²) in [6.07, 6.45) is 1.76. The van der Waals surface area contributed by atoms with Gasteiger partial charge < -0.3 is 9.53 Å². The lowest BCUT2D eigenvalue weighted by Gasteiger charge is -2.20. The van der Waals surface area contributed by atoms with E-state index < -0.39 is 28.6 Å². The third-order valence-electron chi connectivity index (χ3n) is 5.71. The fourth-order valence-electron chi connectivity index (χ4n) is 3.78. The molecular formula is C31H26ClN5O6S. The number of hydrogen-bond acceptors (Lipinski definition) is 8. The molecule has 0 bridgehead atoms. The maximum Gasteiger partial charge on any atom is 0.426 e. The predicted octanol–water partition coefficient (Wildman–Crippen LogP) is 4.61. The fourth-order valence-corrected chi connectivity index (χ4v) is 4.57. The Morgan fingerprint density at radius 1 is 1.02 bits per heavy atom. The predicted molar refractivity (Wildman–Crippen MR) is 167 cm³/mol. The molecule has 2 amide bonds. The summed E-state index contributed by atoms with van der Waals surface area (Å²) in [5, 5.41) is 0.716. The Balaban J connectivity index is 1.67. The number of nitrogens with one attached hydrogen (secondary N) is 3. The lowest BCUT2D eigenvalue weighted by molar-refractivity contribution is -0.105. The number of anilines is 1. The molecule has 44 heavy (non-hydrogen) atoms. The zero-order valence-electron chi connectivity index (χ0n) is 23.8. The third kappa shape index (κ3) is 8.47. The number of aldehydes is 2. The topological polar surface area (TPSA) is 156 Å². The monoisotopic (exact) mass is 631 g/mol. The average Bonchev–Trinajstić information content (AvgIpc) is 2.98. The van der Waals surface area contributed by atoms with E-state index in [0.717, 1.165) is 0 Å². The summed E-state index contributed by atoms with van der Waals surface area (Å²) in [5.74, 6) is 5.31. The number of hydrogen-bond donors (Lipinski definition) is 3. The molecule has 3 N–H and O–H groups in total. The minimum absolute atomic E-state index is 0.145. The molecule has 0 aliphatic rings. The highest BCUT2D eigenvalue weighted by molar-refractivity contribution is 7.86. The summed E-state index contributed by atoms with van der Waals surface area (Å²) in [7, 11) is -1.69. The van der Waals surface area contributed by atoms with Crippen LogP contribution in [0.4, 0.5) is 10.6 Å². The van der Waals surface area contributed by atoms with Gasteiger partial charge in [-0.05, 0) is 51.1 Å². The number of aromatic nitrogens is 2. The Hall–Kier alpha value is -5.12. The number of fused-ring (bicyclic) bond motifs is 1. The molecule has 0 aliphatic carbocycles. The SMILES string of the molecule is CC(C)(C)OC(=O)NNC(=O)c1cc(-c2ccc(C#Cc3ccc(C=O)cc3Cl)cc2)nc2cc(NS(=O)CC=O)ncc12. The molecule has 2 aromatic carbocycles. The highest BCUT2D eigenvalue weighted by Gasteiger charge is 2.19. The lowest BCUT2D eigenvalue weighted by atomic mass is 10.0. The average molecular weight is 632 g/mol. The molecule has 224 valence electrons. The van der Waals surface area contributed by atoms with Crippen LogP contribution in [-0.4, -0.2) is 50.1 Å². The molecule has 0 saturated carbocycles. The van der Waals surface area contributed by atoms with Crippen LogP contribution < -0.4 is 15.6 Å². The van der Waals surface area contributed by atoms with Gasteiger partial charge in [0.25, 0.3) is 5.91 Å². The van der Waals surface area contributed by atoms with E-state index in [2.05, 4.69) is 37.4 Å². The van der Waals surface area contributed by atoms with Gasteiger partial charge in [-0.1, -0.05) is 41.6 Å². The Morgan fingerprint density at radius 2 is 1.77 bits per heavy atom. The van der Waals surface area contributed by atoms with Gasteiger partial charge in [0.2, 0.25) is 0 Å². The van der Waals surface area contributed by atoms with Gasteiger partial charge in [-0.25, -0.2) is 24.4 Å². The van der Waals surface area contributed by atoms with Crippen molar-refractivity contribution in [1.82, 2.24) is 20.8 Å². The smallest absolute Gasteiger partial charge is 0.426 e. The molecule has 4 rings (SSSR count). The Bertz CT molecular complexity index is 1850. The van der Waals surface area contributed by atoms with Gasteiger partial charge in [0.1, 0.15) is 35.0 Å². The van der Waals surface area contributed by atoms with Gasteiger partial charge in [0.05, 0.1) is 27.5 Å². The van der Waals surface area contributed by atoms with Gasteiger partial charge in [-0.15, -0.1) is 0 Å². The summed E-state index contributed by atoms with van der Waals surface area (Å²) < 4.78 is 19.8. The van der Waals surface area contributed by atoms with Gasteiger partial charge in [-0.2, -0.15) is 0 Å². The van der Waals surface area contributed by atoms with E-state index in [1.807, 2.05) is 0 Å². The van der Waals surface area contributed by atoms with Crippen LogP contribution in [0.25, 0.3) is 22.2 Å². The molecule has 4 aromatic rings. The van der Waals surface area contributed by atoms with Crippen molar-refractivity contribution < 1.29 is 28.1 Å². The maximum atomic E-state index is 13.2. The first-order chi connectivity index (χ1) is 21.0. The van der Waals surface area contributed by atoms with Crippen LogP contribution in [0.15, 0.2) is 60.8 Å². The summed E-state index contributed by atoms with van der Waals surface area (Å²) in [6, 6.07) is 15.0. The number of hydrazine groups is 1. The van der Waals surface area contributed by atoms with Crippen LogP contribution >= 0.6 is 11.6 Å². The molecule has 2 aromatic heterocycles. The number of carbonyl (C=O) groups is 4. The van der Waals surface area contributed by atoms with Crippen molar-refractivity contribution in [2.24, 2.45) is 0 Å². The van der Waals surface area contributed by atoms with Crippen molar-refractivity contribution >= 4 is 63.9 Å². The fraction of sp³-hybridized carbons (Fsp3) is 0.161. The number of rotatable bonds is 7. The summed E-state index contributed by atoms with van der Waals surface area (Å²) in [6.45, 7) is 5.07. The van der Waals surface area contributed by atoms with Crippen LogP contribution in [0.2, 0.25) is 5.02 Å². The van der Waals surface area contributed by atoms with Crippen LogP contribution in [-0.2, 0) is 20.5 Å². The molecule has 1 atom stereocenters. The molecule has 0 radical (unpaired) electrons. The van der Waals surface area contributed by atoms with Crippen LogP contribution in [0.5, 0.6) is 0 Å². The van der Waals surface area contributed by atoms with Crippen molar-refractivity contribution in [1.29, 1.82) is 0 Å². The van der Waals surface area contributed by atoms with Gasteiger partial charge in [0.15, 0.2) is 0 Å². The quantitative estimate of drug-likeness (QED) is 0.152. The van der Waals surface area contributed by atoms with Crippen molar-refractivity contribution in [3.05, 3.63) is 88.1 Å². The number of benzene rings is 2. The first-order valence-corrected chi connectivity index (χ1v) is 14.7. The number of pyridine rings is 2. The Labute approximate surface area is 260 Å². The second kappa shape index (κ2) is 13.9. The van der Waals surface area contributed by atoms with Crippen molar-refractivity contribution in [2.75, 3.05) is 10.5 Å². The molecule has 1 unspecified atom stereocenters. The van der Waals surface area contributed by atoms with Gasteiger partial charge in [0, 0.05) is 39.9 Å². The van der Waals surface area contributed by atoms with E-state index in [-0.39, 0.29) is 17.1 Å². The first kappa shape index (κ1) is 31.8. The minimum atomic E-state index is -1.69. The maximum absolute atomic E-state index is 13.2. The van der Waals surface area contributed by atoms with Crippen molar-refractivity contribution in [2.45, 2.75) is 26.4 Å². The summed E-state index contributed by atoms with van der Waals surface area (Å²) in [5.41, 5.74) is 7.04. The number of amides is 2. The molecule has 0 fully saturated rings. The highest BCUT2D eigenvalue weighted by atomic mass is 35.5. The van der Waals surface area contributed by atoms with E-state index in [4.69, 9.17) is 16.3 Å². The number of carbonyl (C=O) groups excluding carboxylic acids is 4. The van der Waals surface area contributed by atoms with Crippen molar-refractivity contribution in [3.8, 4) is 23.1 Å². The van der Waals surface area contributed by atoms with E-state index in [9.17, 15) is 23.4 Å². The van der Waals surface area contributed by atoms with E-state index in [0.29, 0.717) is 56.4 Å². The van der Waals surface area contributed by atoms with Crippen LogP contribution in [0, 0.1) is 11.8 Å². The largest absolute Gasteiger partial charge is 0.443 e. The van der Waals surface area contributed by atoms with E-state index in [1.54, 1.807) is 69.3 Å². The second-order valence-electron chi connectivity index (χ2n) is 10.2. The number of halogens is 1. The van der Waals surface area contributed by atoms with Gasteiger partial charge in [-0.3, -0.25) is 19.7 Å². The minimum Gasteiger partial charge on any atom is -0.443 e. The third-order valence-corrected chi connectivity index (χ3v) is 6.89. The normalized spacial score (nSPS) is 11.5. The number of ether oxygens (including phenoxy) is 1. The standard InChI is InChI=1S/C31H26ClN5O6S/c1-31(2,3)43-30(41)36-35-29(40)23-15-26(34-27-16-28(33-17-24(23)27)37-44(42)13-12-38)22-10-5-19(6-11-22)4-8-21-9-7-20(18-39)14-25(21)32/h5-7,9-12,14-18H,13H2,1-3H3,(H,33,37)(H,35,40)(H,36,41). The molecule has 0 spiro atoms. The van der Waals surface area contributed by atoms with Crippen molar-refractivity contribution in [3.63, 3.8) is 0 Å². The van der Waals surface area contributed by atoms with E-state index in [1.165, 1.54) is 12.3 Å². The Kier molecular flexibility index (Phi) is 10.0. The summed E-state index contributed by atoms with van der Waals surface area (Å²) >= 11 is 6.22. The lowest BCUT2D eigenvalue weighted by Crippen LogP contribution is -2.44. The summed E-state index contributed by atoms with van der Waals surface area (Å²) in [4.78, 5) is 55.9. The first-order valence-electron chi connectivity index (χ1n) is 13.0. The molecular weight excluding hydrogens is 606 g/mol. The second-order valence-corrected chi connectivity index (χ2v) is 11.8. The van der Waals surface area contributed by atoms with E-state index >= 15 is 0 Å². The molecule has 13 heteroatoms. The van der Waals surface area contributed by atoms with Gasteiger partial charge >= 0.3 is 6.09 Å². The molecule has 0 aliphatic heterocycles. The molecule has 2 heterocycles. The molecule has 11 nitrogen and oxygen atoms in total. The number of nitrogens with zero attached hydrogens (tertiary/aromatic N) is 2.